The zero-order valence-electron chi connectivity index (χ0n) is 24.4. The molecule has 0 radical (unpaired) electrons. The van der Waals surface area contributed by atoms with Gasteiger partial charge in [-0.05, 0) is 76.1 Å². The number of esters is 1. The lowest BCUT2D eigenvalue weighted by atomic mass is 9.95. The number of methoxy groups -OCH3 is 2. The van der Waals surface area contributed by atoms with Gasteiger partial charge >= 0.3 is 5.97 Å². The molecule has 0 bridgehead atoms. The number of aromatic nitrogens is 1. The second-order valence-corrected chi connectivity index (χ2v) is 11.7. The number of fused-ring (bicyclic) bond motifs is 1. The topological polar surface area (TPSA) is 97.6 Å². The average molecular weight is 680 g/mol. The van der Waals surface area contributed by atoms with Gasteiger partial charge in [-0.1, -0.05) is 38.9 Å². The molecule has 2 aromatic carbocycles. The van der Waals surface area contributed by atoms with Crippen molar-refractivity contribution in [3.63, 3.8) is 0 Å². The summed E-state index contributed by atoms with van der Waals surface area (Å²) in [4.78, 5) is 32.4. The summed E-state index contributed by atoms with van der Waals surface area (Å²) in [6.07, 6.45) is 1.61. The fourth-order valence-electron chi connectivity index (χ4n) is 4.60. The Morgan fingerprint density at radius 1 is 1.12 bits per heavy atom. The Morgan fingerprint density at radius 3 is 2.45 bits per heavy atom. The predicted octanol–water partition coefficient (Wildman–Crippen LogP) is 5.42. The maximum Gasteiger partial charge on any atom is 0.338 e. The molecule has 9 nitrogen and oxygen atoms in total. The first-order chi connectivity index (χ1) is 20.0. The number of halogens is 2. The van der Waals surface area contributed by atoms with E-state index in [1.54, 1.807) is 44.2 Å². The van der Waals surface area contributed by atoms with Gasteiger partial charge < -0.3 is 23.7 Å². The van der Waals surface area contributed by atoms with Crippen molar-refractivity contribution in [2.24, 2.45) is 4.99 Å². The van der Waals surface area contributed by atoms with Crippen molar-refractivity contribution < 1.29 is 28.5 Å². The van der Waals surface area contributed by atoms with E-state index in [0.29, 0.717) is 65.3 Å². The van der Waals surface area contributed by atoms with Crippen LogP contribution >= 0.6 is 38.9 Å². The van der Waals surface area contributed by atoms with E-state index in [2.05, 4.69) is 20.9 Å². The number of rotatable bonds is 10. The molecule has 42 heavy (non-hydrogen) atoms. The van der Waals surface area contributed by atoms with Gasteiger partial charge in [0, 0.05) is 4.47 Å². The van der Waals surface area contributed by atoms with Crippen molar-refractivity contribution in [2.45, 2.75) is 46.8 Å². The summed E-state index contributed by atoms with van der Waals surface area (Å²) in [6.45, 7) is 9.72. The summed E-state index contributed by atoms with van der Waals surface area (Å²) < 4.78 is 30.6. The number of carbonyl (C=O) groups excluding carboxylic acids is 1. The largest absolute Gasteiger partial charge is 0.493 e. The van der Waals surface area contributed by atoms with Crippen LogP contribution in [0.4, 0.5) is 0 Å². The van der Waals surface area contributed by atoms with Gasteiger partial charge in [0.1, 0.15) is 0 Å². The number of hydrogen-bond donors (Lipinski definition) is 0. The number of hydrogen-bond acceptors (Lipinski definition) is 9. The molecule has 1 aliphatic heterocycles. The summed E-state index contributed by atoms with van der Waals surface area (Å²) in [7, 11) is 3.06. The molecule has 1 atom stereocenters. The molecular formula is C30H32BrClN2O7S. The Balaban J connectivity index is 1.97. The van der Waals surface area contributed by atoms with E-state index in [1.165, 1.54) is 30.1 Å². The number of carbonyl (C=O) groups is 1. The summed E-state index contributed by atoms with van der Waals surface area (Å²) in [5.74, 6) is 1.29. The van der Waals surface area contributed by atoms with Gasteiger partial charge in [-0.3, -0.25) is 9.36 Å². The first-order valence-electron chi connectivity index (χ1n) is 13.3. The molecule has 0 unspecified atom stereocenters. The fourth-order valence-corrected chi connectivity index (χ4v) is 6.45. The second kappa shape index (κ2) is 13.4. The maximum absolute atomic E-state index is 14.1. The highest BCUT2D eigenvalue weighted by Crippen LogP contribution is 2.41. The second-order valence-electron chi connectivity index (χ2n) is 9.46. The quantitative estimate of drug-likeness (QED) is 0.264. The van der Waals surface area contributed by atoms with Crippen LogP contribution in [0.1, 0.15) is 51.8 Å². The van der Waals surface area contributed by atoms with Crippen molar-refractivity contribution in [3.8, 4) is 23.0 Å². The average Bonchev–Trinajstić information content (AvgIpc) is 3.23. The zero-order chi connectivity index (χ0) is 30.7. The van der Waals surface area contributed by atoms with Crippen LogP contribution in [0.5, 0.6) is 23.0 Å². The summed E-state index contributed by atoms with van der Waals surface area (Å²) in [6, 6.07) is 6.14. The number of benzene rings is 2. The molecule has 1 aliphatic rings. The SMILES string of the molecule is CCOC(=O)C1=C(C)N=c2s/c(=C/c3cc(Cl)c(OC(C)C)c(OC)c3)c(=O)n2[C@H]1c1cc(OC)c(OCC)cc1Br. The predicted molar refractivity (Wildman–Crippen MR) is 166 cm³/mol. The minimum atomic E-state index is -0.846. The van der Waals surface area contributed by atoms with Crippen molar-refractivity contribution in [1.82, 2.24) is 4.57 Å². The van der Waals surface area contributed by atoms with E-state index in [-0.39, 0.29) is 23.8 Å². The highest BCUT2D eigenvalue weighted by molar-refractivity contribution is 9.10. The Kier molecular flexibility index (Phi) is 10.1. The molecule has 0 amide bonds. The molecular weight excluding hydrogens is 648 g/mol. The van der Waals surface area contributed by atoms with Crippen LogP contribution < -0.4 is 33.8 Å². The van der Waals surface area contributed by atoms with Gasteiger partial charge in [-0.25, -0.2) is 9.79 Å². The molecule has 4 rings (SSSR count). The Morgan fingerprint density at radius 2 is 1.83 bits per heavy atom. The van der Waals surface area contributed by atoms with E-state index in [4.69, 9.17) is 35.3 Å². The van der Waals surface area contributed by atoms with E-state index in [0.717, 1.165) is 0 Å². The van der Waals surface area contributed by atoms with Crippen molar-refractivity contribution >= 4 is 50.9 Å². The normalized spacial score (nSPS) is 14.9. The van der Waals surface area contributed by atoms with Gasteiger partial charge in [0.25, 0.3) is 5.56 Å². The van der Waals surface area contributed by atoms with E-state index in [9.17, 15) is 9.59 Å². The molecule has 0 fully saturated rings. The third-order valence-corrected chi connectivity index (χ3v) is 8.25. The van der Waals surface area contributed by atoms with Crippen LogP contribution in [0, 0.1) is 0 Å². The Labute approximate surface area is 261 Å². The van der Waals surface area contributed by atoms with Crippen LogP contribution in [0.3, 0.4) is 0 Å². The zero-order valence-corrected chi connectivity index (χ0v) is 27.5. The highest BCUT2D eigenvalue weighted by Gasteiger charge is 2.35. The van der Waals surface area contributed by atoms with Crippen LogP contribution in [-0.4, -0.2) is 44.1 Å². The monoisotopic (exact) mass is 678 g/mol. The first-order valence-corrected chi connectivity index (χ1v) is 15.3. The summed E-state index contributed by atoms with van der Waals surface area (Å²) in [5, 5.41) is 0.353. The lowest BCUT2D eigenvalue weighted by Crippen LogP contribution is -2.40. The number of ether oxygens (including phenoxy) is 5. The van der Waals surface area contributed by atoms with Gasteiger partial charge in [-0.15, -0.1) is 0 Å². The lowest BCUT2D eigenvalue weighted by Gasteiger charge is -2.26. The van der Waals surface area contributed by atoms with Crippen LogP contribution in [0.25, 0.3) is 6.08 Å². The smallest absolute Gasteiger partial charge is 0.338 e. The highest BCUT2D eigenvalue weighted by atomic mass is 79.9. The number of thiazole rings is 1. The van der Waals surface area contributed by atoms with Gasteiger partial charge in [-0.2, -0.15) is 0 Å². The number of nitrogens with zero attached hydrogens (tertiary/aromatic N) is 2. The summed E-state index contributed by atoms with van der Waals surface area (Å²) in [5.41, 5.74) is 1.61. The Hall–Kier alpha value is -3.28. The summed E-state index contributed by atoms with van der Waals surface area (Å²) >= 11 is 11.4. The molecule has 0 N–H and O–H groups in total. The minimum Gasteiger partial charge on any atom is -0.493 e. The molecule has 0 spiro atoms. The Bertz CT molecular complexity index is 1730. The van der Waals surface area contributed by atoms with E-state index >= 15 is 0 Å². The molecule has 1 aromatic heterocycles. The molecule has 0 saturated carbocycles. The molecule has 0 aliphatic carbocycles. The van der Waals surface area contributed by atoms with Gasteiger partial charge in [0.15, 0.2) is 27.8 Å². The fraction of sp³-hybridized carbons (Fsp3) is 0.367. The van der Waals surface area contributed by atoms with Crippen LogP contribution in [0.15, 0.2) is 49.8 Å². The lowest BCUT2D eigenvalue weighted by molar-refractivity contribution is -0.139. The van der Waals surface area contributed by atoms with Gasteiger partial charge in [0.2, 0.25) is 0 Å². The molecule has 3 aromatic rings. The molecule has 12 heteroatoms. The van der Waals surface area contributed by atoms with Crippen LogP contribution in [0.2, 0.25) is 5.02 Å². The van der Waals surface area contributed by atoms with Crippen LogP contribution in [-0.2, 0) is 9.53 Å². The molecule has 2 heterocycles. The van der Waals surface area contributed by atoms with Crippen molar-refractivity contribution in [1.29, 1.82) is 0 Å². The van der Waals surface area contributed by atoms with Crippen molar-refractivity contribution in [2.75, 3.05) is 27.4 Å². The van der Waals surface area contributed by atoms with Gasteiger partial charge in [0.05, 0.1) is 60.4 Å². The molecule has 224 valence electrons. The van der Waals surface area contributed by atoms with E-state index in [1.807, 2.05) is 20.8 Å². The third-order valence-electron chi connectivity index (χ3n) is 6.30. The minimum absolute atomic E-state index is 0.108. The van der Waals surface area contributed by atoms with Crippen molar-refractivity contribution in [3.05, 3.63) is 75.8 Å². The maximum atomic E-state index is 14.1. The third kappa shape index (κ3) is 6.23. The first kappa shape index (κ1) is 31.7. The van der Waals surface area contributed by atoms with E-state index < -0.39 is 12.0 Å². The number of allylic oxidation sites excluding steroid dienone is 1. The standard InChI is InChI=1S/C30H32BrClN2O7S/c1-8-39-22-14-19(31)18(13-21(22)37-6)26-25(29(36)40-9-2)16(5)33-30-34(26)28(35)24(42-30)12-17-10-20(32)27(41-15(3)4)23(11-17)38-7/h10-15,26H,8-9H2,1-7H3/b24-12+/t26-/m0/s1. The molecule has 0 saturated heterocycles.